The van der Waals surface area contributed by atoms with Crippen LogP contribution in [0.15, 0.2) is 24.3 Å². The molecule has 0 radical (unpaired) electrons. The number of nitrogens with zero attached hydrogens (tertiary/aromatic N) is 2. The topological polar surface area (TPSA) is 61.9 Å². The molecule has 4 bridgehead atoms. The summed E-state index contributed by atoms with van der Waals surface area (Å²) in [6, 6.07) is 7.65. The lowest BCUT2D eigenvalue weighted by atomic mass is 9.53. The fourth-order valence-electron chi connectivity index (χ4n) is 8.31. The number of carbonyl (C=O) groups is 2. The third-order valence-corrected chi connectivity index (χ3v) is 9.66. The largest absolute Gasteiger partial charge is 0.494 e. The molecule has 3 amide bonds. The number of piperidine rings is 1. The molecule has 0 unspecified atom stereocenters. The molecule has 184 valence electrons. The average Bonchev–Trinajstić information content (AvgIpc) is 3.22. The van der Waals surface area contributed by atoms with Crippen LogP contribution < -0.4 is 10.1 Å². The monoisotopic (exact) mass is 465 g/mol. The Morgan fingerprint density at radius 1 is 0.912 bits per heavy atom. The van der Waals surface area contributed by atoms with Crippen molar-refractivity contribution in [1.29, 1.82) is 0 Å². The Labute approximate surface area is 203 Å². The first kappa shape index (κ1) is 22.2. The highest BCUT2D eigenvalue weighted by Gasteiger charge is 2.52. The molecule has 2 heterocycles. The van der Waals surface area contributed by atoms with Gasteiger partial charge in [-0.25, -0.2) is 4.79 Å². The molecule has 4 aliphatic carbocycles. The first-order valence-electron chi connectivity index (χ1n) is 13.5. The third kappa shape index (κ3) is 4.07. The minimum absolute atomic E-state index is 0.0785. The number of amides is 3. The lowest BCUT2D eigenvalue weighted by Gasteiger charge is -2.57. The Hall–Kier alpha value is -2.24. The van der Waals surface area contributed by atoms with Crippen molar-refractivity contribution in [3.05, 3.63) is 29.8 Å². The van der Waals surface area contributed by atoms with Crippen LogP contribution in [-0.2, 0) is 0 Å². The Morgan fingerprint density at radius 2 is 1.47 bits per heavy atom. The number of rotatable bonds is 4. The van der Waals surface area contributed by atoms with Crippen molar-refractivity contribution >= 4 is 11.9 Å². The average molecular weight is 466 g/mol. The van der Waals surface area contributed by atoms with Crippen molar-refractivity contribution in [2.75, 3.05) is 32.8 Å². The van der Waals surface area contributed by atoms with Gasteiger partial charge in [-0.15, -0.1) is 0 Å². The highest BCUT2D eigenvalue weighted by Crippen LogP contribution is 2.55. The van der Waals surface area contributed by atoms with E-state index in [1.165, 1.54) is 38.5 Å². The Kier molecular flexibility index (Phi) is 5.53. The van der Waals surface area contributed by atoms with Crippen molar-refractivity contribution in [3.8, 4) is 5.75 Å². The molecule has 6 nitrogen and oxygen atoms in total. The number of likely N-dealkylation sites (tertiary alicyclic amines) is 2. The molecule has 1 N–H and O–H groups in total. The molecule has 7 rings (SSSR count). The molecule has 0 aromatic heterocycles. The Bertz CT molecular complexity index is 899. The highest BCUT2D eigenvalue weighted by molar-refractivity contribution is 5.94. The number of carbonyl (C=O) groups excluding carboxylic acids is 2. The molecule has 6 fully saturated rings. The SMILES string of the molecule is CCOc1ccc(C(=O)N2CCC3(CCN(C(=O)NC45CC6CC(CC(C6)C4)C5)C3)CC2)cc1. The molecule has 4 saturated carbocycles. The van der Waals surface area contributed by atoms with Gasteiger partial charge in [0.05, 0.1) is 6.61 Å². The molecule has 1 aromatic carbocycles. The maximum atomic E-state index is 13.3. The van der Waals surface area contributed by atoms with Gasteiger partial charge in [0.1, 0.15) is 5.75 Å². The number of nitrogens with one attached hydrogen (secondary N) is 1. The summed E-state index contributed by atoms with van der Waals surface area (Å²) in [5, 5.41) is 3.56. The fourth-order valence-corrected chi connectivity index (χ4v) is 8.31. The summed E-state index contributed by atoms with van der Waals surface area (Å²) in [5.41, 5.74) is 0.978. The summed E-state index contributed by atoms with van der Waals surface area (Å²) < 4.78 is 5.49. The lowest BCUT2D eigenvalue weighted by Crippen LogP contribution is -2.61. The molecule has 6 aliphatic rings. The van der Waals surface area contributed by atoms with E-state index in [9.17, 15) is 9.59 Å². The van der Waals surface area contributed by atoms with Gasteiger partial charge in [0, 0.05) is 37.3 Å². The van der Waals surface area contributed by atoms with E-state index in [4.69, 9.17) is 4.74 Å². The second-order valence-electron chi connectivity index (χ2n) is 12.0. The fraction of sp³-hybridized carbons (Fsp3) is 0.714. The maximum Gasteiger partial charge on any atom is 0.317 e. The van der Waals surface area contributed by atoms with Gasteiger partial charge < -0.3 is 19.9 Å². The van der Waals surface area contributed by atoms with Crippen LogP contribution in [0.25, 0.3) is 0 Å². The van der Waals surface area contributed by atoms with Crippen LogP contribution in [0.1, 0.15) is 75.1 Å². The standard InChI is InChI=1S/C28H39N3O3/c1-2-34-24-5-3-23(4-6-24)25(32)30-10-7-27(8-11-30)9-12-31(19-27)26(33)29-28-16-20-13-21(17-28)15-22(14-20)18-28/h3-6,20-22H,2,7-19H2,1H3,(H,29,33). The van der Waals surface area contributed by atoms with Crippen molar-refractivity contribution < 1.29 is 14.3 Å². The van der Waals surface area contributed by atoms with Crippen molar-refractivity contribution in [1.82, 2.24) is 15.1 Å². The molecule has 6 heteroatoms. The first-order chi connectivity index (χ1) is 16.4. The number of urea groups is 1. The van der Waals surface area contributed by atoms with Crippen LogP contribution in [0, 0.1) is 23.2 Å². The zero-order valence-electron chi connectivity index (χ0n) is 20.6. The van der Waals surface area contributed by atoms with Gasteiger partial charge in [0.2, 0.25) is 0 Å². The molecule has 2 aliphatic heterocycles. The van der Waals surface area contributed by atoms with E-state index in [-0.39, 0.29) is 22.9 Å². The van der Waals surface area contributed by atoms with E-state index >= 15 is 0 Å². The third-order valence-electron chi connectivity index (χ3n) is 9.66. The minimum Gasteiger partial charge on any atom is -0.494 e. The summed E-state index contributed by atoms with van der Waals surface area (Å²) in [6.45, 7) is 5.83. The van der Waals surface area contributed by atoms with Gasteiger partial charge in [-0.2, -0.15) is 0 Å². The van der Waals surface area contributed by atoms with E-state index < -0.39 is 0 Å². The molecule has 2 saturated heterocycles. The zero-order chi connectivity index (χ0) is 23.3. The molecule has 1 aromatic rings. The van der Waals surface area contributed by atoms with Crippen molar-refractivity contribution in [2.24, 2.45) is 23.2 Å². The van der Waals surface area contributed by atoms with Gasteiger partial charge in [-0.05, 0) is 112 Å². The van der Waals surface area contributed by atoms with E-state index in [1.807, 2.05) is 36.1 Å². The molecule has 0 atom stereocenters. The van der Waals surface area contributed by atoms with Gasteiger partial charge in [0.25, 0.3) is 5.91 Å². The zero-order valence-corrected chi connectivity index (χ0v) is 20.6. The second kappa shape index (κ2) is 8.46. The summed E-state index contributed by atoms with van der Waals surface area (Å²) in [7, 11) is 0. The van der Waals surface area contributed by atoms with Crippen LogP contribution in [0.2, 0.25) is 0 Å². The van der Waals surface area contributed by atoms with E-state index in [1.54, 1.807) is 0 Å². The number of ether oxygens (including phenoxy) is 1. The van der Waals surface area contributed by atoms with Crippen molar-refractivity contribution in [2.45, 2.75) is 70.3 Å². The molecular weight excluding hydrogens is 426 g/mol. The first-order valence-corrected chi connectivity index (χ1v) is 13.5. The van der Waals surface area contributed by atoms with Crippen LogP contribution in [0.5, 0.6) is 5.75 Å². The summed E-state index contributed by atoms with van der Waals surface area (Å²) >= 11 is 0. The van der Waals surface area contributed by atoms with E-state index in [0.717, 1.165) is 74.5 Å². The number of benzene rings is 1. The summed E-state index contributed by atoms with van der Waals surface area (Å²) in [6.07, 6.45) is 10.8. The van der Waals surface area contributed by atoms with Crippen molar-refractivity contribution in [3.63, 3.8) is 0 Å². The predicted molar refractivity (Wildman–Crippen MR) is 131 cm³/mol. The molecule has 34 heavy (non-hydrogen) atoms. The van der Waals surface area contributed by atoms with Crippen LogP contribution in [-0.4, -0.2) is 60.1 Å². The van der Waals surface area contributed by atoms with E-state index in [0.29, 0.717) is 6.61 Å². The van der Waals surface area contributed by atoms with E-state index in [2.05, 4.69) is 10.2 Å². The minimum atomic E-state index is 0.0785. The van der Waals surface area contributed by atoms with Gasteiger partial charge in [-0.1, -0.05) is 0 Å². The van der Waals surface area contributed by atoms with Crippen LogP contribution in [0.4, 0.5) is 4.79 Å². The van der Waals surface area contributed by atoms with Gasteiger partial charge in [-0.3, -0.25) is 4.79 Å². The molecular formula is C28H39N3O3. The predicted octanol–water partition coefficient (Wildman–Crippen LogP) is 4.69. The quantitative estimate of drug-likeness (QED) is 0.702. The summed E-state index contributed by atoms with van der Waals surface area (Å²) in [5.74, 6) is 3.43. The van der Waals surface area contributed by atoms with Crippen LogP contribution in [0.3, 0.4) is 0 Å². The van der Waals surface area contributed by atoms with Gasteiger partial charge >= 0.3 is 6.03 Å². The normalized spacial score (nSPS) is 33.4. The van der Waals surface area contributed by atoms with Gasteiger partial charge in [0.15, 0.2) is 0 Å². The number of hydrogen-bond acceptors (Lipinski definition) is 3. The smallest absolute Gasteiger partial charge is 0.317 e. The number of hydrogen-bond donors (Lipinski definition) is 1. The maximum absolute atomic E-state index is 13.3. The Morgan fingerprint density at radius 3 is 2.03 bits per heavy atom. The highest BCUT2D eigenvalue weighted by atomic mass is 16.5. The van der Waals surface area contributed by atoms with Crippen LogP contribution >= 0.6 is 0 Å². The lowest BCUT2D eigenvalue weighted by molar-refractivity contribution is -0.0156. The second-order valence-corrected chi connectivity index (χ2v) is 12.0. The Balaban J connectivity index is 1.03. The summed E-state index contributed by atoms with van der Waals surface area (Å²) in [4.78, 5) is 30.4. The molecule has 1 spiro atoms.